The van der Waals surface area contributed by atoms with E-state index in [0.717, 1.165) is 5.69 Å². The molecule has 0 heterocycles. The first-order valence-electron chi connectivity index (χ1n) is 5.00. The molecule has 0 aromatic heterocycles. The summed E-state index contributed by atoms with van der Waals surface area (Å²) in [6.07, 6.45) is 0. The first kappa shape index (κ1) is 13.5. The molecule has 0 atom stereocenters. The third-order valence-corrected chi connectivity index (χ3v) is 5.33. The van der Waals surface area contributed by atoms with Gasteiger partial charge in [-0.05, 0) is 38.1 Å². The van der Waals surface area contributed by atoms with Crippen molar-refractivity contribution in [1.29, 1.82) is 0 Å². The molecule has 0 aliphatic heterocycles. The summed E-state index contributed by atoms with van der Waals surface area (Å²) in [4.78, 5) is 2.36. The summed E-state index contributed by atoms with van der Waals surface area (Å²) in [6.45, 7) is 3.38. The fraction of sp³-hybridized carbons (Fsp3) is 0.455. The minimum atomic E-state index is -3.16. The highest BCUT2D eigenvalue weighted by Gasteiger charge is 2.18. The van der Waals surface area contributed by atoms with E-state index in [1.165, 1.54) is 0 Å². The topological polar surface area (TPSA) is 37.4 Å². The summed E-state index contributed by atoms with van der Waals surface area (Å²) in [5.41, 5.74) is 1.70. The molecule has 0 bridgehead atoms. The molecule has 0 radical (unpaired) electrons. The molecule has 0 amide bonds. The van der Waals surface area contributed by atoms with Crippen LogP contribution < -0.4 is 4.90 Å². The van der Waals surface area contributed by atoms with Gasteiger partial charge in [-0.25, -0.2) is 8.42 Å². The van der Waals surface area contributed by atoms with Crippen LogP contribution in [0.15, 0.2) is 29.2 Å². The van der Waals surface area contributed by atoms with Gasteiger partial charge in [0.05, 0.1) is 15.6 Å². The van der Waals surface area contributed by atoms with Crippen LogP contribution in [0.3, 0.4) is 0 Å². The van der Waals surface area contributed by atoms with Crippen molar-refractivity contribution in [3.8, 4) is 0 Å². The van der Waals surface area contributed by atoms with Crippen LogP contribution in [0, 0.1) is 0 Å². The molecule has 0 fully saturated rings. The number of nitrogens with zero attached hydrogens (tertiary/aromatic N) is 1. The summed E-state index contributed by atoms with van der Waals surface area (Å²) in [7, 11) is -1.23. The van der Waals surface area contributed by atoms with Gasteiger partial charge in [0.15, 0.2) is 9.84 Å². The molecule has 0 aliphatic carbocycles. The number of rotatable bonds is 4. The highest BCUT2D eigenvalue weighted by atomic mass is 79.9. The van der Waals surface area contributed by atoms with Crippen molar-refractivity contribution in [1.82, 2.24) is 0 Å². The van der Waals surface area contributed by atoms with Gasteiger partial charge in [0.1, 0.15) is 0 Å². The number of hydrogen-bond donors (Lipinski definition) is 0. The number of halogens is 1. The highest BCUT2D eigenvalue weighted by Crippen LogP contribution is 2.20. The van der Waals surface area contributed by atoms with Gasteiger partial charge in [-0.15, -0.1) is 0 Å². The van der Waals surface area contributed by atoms with Crippen molar-refractivity contribution in [2.24, 2.45) is 0 Å². The van der Waals surface area contributed by atoms with Crippen molar-refractivity contribution in [2.75, 3.05) is 17.4 Å². The lowest BCUT2D eigenvalue weighted by Gasteiger charge is -2.16. The molecule has 0 unspecified atom stereocenters. The van der Waals surface area contributed by atoms with Crippen LogP contribution in [0.4, 0.5) is 5.69 Å². The maximum atomic E-state index is 11.9. The Balaban J connectivity index is 3.05. The molecule has 3 nitrogen and oxygen atoms in total. The van der Waals surface area contributed by atoms with Crippen LogP contribution in [0.25, 0.3) is 0 Å². The molecule has 1 rings (SSSR count). The molecule has 1 aromatic rings. The Kier molecular flexibility index (Phi) is 4.38. The van der Waals surface area contributed by atoms with Gasteiger partial charge in [-0.1, -0.05) is 15.9 Å². The van der Waals surface area contributed by atoms with Gasteiger partial charge in [0.2, 0.25) is 0 Å². The third-order valence-electron chi connectivity index (χ3n) is 2.41. The van der Waals surface area contributed by atoms with Crippen molar-refractivity contribution < 1.29 is 8.42 Å². The van der Waals surface area contributed by atoms with Crippen LogP contribution in [-0.2, 0) is 9.84 Å². The Hall–Kier alpha value is -0.550. The summed E-state index contributed by atoms with van der Waals surface area (Å²) in [5, 5.41) is -0.382. The fourth-order valence-electron chi connectivity index (χ4n) is 1.23. The van der Waals surface area contributed by atoms with Gasteiger partial charge >= 0.3 is 0 Å². The van der Waals surface area contributed by atoms with E-state index in [1.54, 1.807) is 26.0 Å². The average Bonchev–Trinajstić information content (AvgIpc) is 2.28. The highest BCUT2D eigenvalue weighted by molar-refractivity contribution is 9.09. The zero-order valence-corrected chi connectivity index (χ0v) is 12.0. The van der Waals surface area contributed by atoms with Crippen molar-refractivity contribution in [3.63, 3.8) is 0 Å². The van der Waals surface area contributed by atoms with Crippen LogP contribution >= 0.6 is 15.9 Å². The molecule has 0 saturated carbocycles. The standard InChI is InChI=1S/C11H16BrNO2S/c1-9(2)16(14,15)11-6-4-10(5-7-11)13(3)8-12/h4-7,9H,8H2,1-3H3. The number of benzene rings is 1. The number of anilines is 1. The predicted octanol–water partition coefficient (Wildman–Crippen LogP) is 2.66. The number of hydrogen-bond acceptors (Lipinski definition) is 3. The van der Waals surface area contributed by atoms with Crippen LogP contribution in [0.1, 0.15) is 13.8 Å². The normalized spacial score (nSPS) is 11.8. The van der Waals surface area contributed by atoms with Gasteiger partial charge < -0.3 is 4.90 Å². The Morgan fingerprint density at radius 2 is 1.75 bits per heavy atom. The molecule has 90 valence electrons. The minimum absolute atomic E-state index is 0.382. The summed E-state index contributed by atoms with van der Waals surface area (Å²) < 4.78 is 23.7. The van der Waals surface area contributed by atoms with Gasteiger partial charge in [-0.3, -0.25) is 0 Å². The van der Waals surface area contributed by atoms with Crippen molar-refractivity contribution in [2.45, 2.75) is 24.0 Å². The summed E-state index contributed by atoms with van der Waals surface area (Å²) >= 11 is 3.34. The number of sulfone groups is 1. The van der Waals surface area contributed by atoms with Crippen LogP contribution in [0.2, 0.25) is 0 Å². The smallest absolute Gasteiger partial charge is 0.180 e. The number of alkyl halides is 1. The summed E-state index contributed by atoms with van der Waals surface area (Å²) in [5.74, 6) is 0. The van der Waals surface area contributed by atoms with Gasteiger partial charge in [0.25, 0.3) is 0 Å². The van der Waals surface area contributed by atoms with Crippen LogP contribution in [0.5, 0.6) is 0 Å². The minimum Gasteiger partial charge on any atom is -0.365 e. The van der Waals surface area contributed by atoms with E-state index in [0.29, 0.717) is 10.3 Å². The Morgan fingerprint density at radius 1 is 1.25 bits per heavy atom. The maximum absolute atomic E-state index is 11.9. The van der Waals surface area contributed by atoms with Gasteiger partial charge in [-0.2, -0.15) is 0 Å². The van der Waals surface area contributed by atoms with E-state index in [1.807, 2.05) is 24.1 Å². The molecule has 16 heavy (non-hydrogen) atoms. The molecule has 5 heteroatoms. The van der Waals surface area contributed by atoms with E-state index in [9.17, 15) is 8.42 Å². The second-order valence-electron chi connectivity index (χ2n) is 3.91. The zero-order valence-electron chi connectivity index (χ0n) is 9.64. The van der Waals surface area contributed by atoms with E-state index in [4.69, 9.17) is 0 Å². The SMILES string of the molecule is CC(C)S(=O)(=O)c1ccc(N(C)CBr)cc1. The average molecular weight is 306 g/mol. The summed E-state index contributed by atoms with van der Waals surface area (Å²) in [6, 6.07) is 6.95. The Morgan fingerprint density at radius 3 is 2.12 bits per heavy atom. The molecular weight excluding hydrogens is 290 g/mol. The van der Waals surface area contributed by atoms with Crippen LogP contribution in [-0.4, -0.2) is 26.2 Å². The second-order valence-corrected chi connectivity index (χ2v) is 6.91. The lowest BCUT2D eigenvalue weighted by atomic mass is 10.3. The van der Waals surface area contributed by atoms with E-state index in [2.05, 4.69) is 15.9 Å². The van der Waals surface area contributed by atoms with E-state index < -0.39 is 9.84 Å². The Bertz CT molecular complexity index is 440. The lowest BCUT2D eigenvalue weighted by molar-refractivity contribution is 0.587. The largest absolute Gasteiger partial charge is 0.365 e. The van der Waals surface area contributed by atoms with E-state index >= 15 is 0 Å². The third kappa shape index (κ3) is 2.77. The van der Waals surface area contributed by atoms with Crippen molar-refractivity contribution >= 4 is 31.5 Å². The predicted molar refractivity (Wildman–Crippen MR) is 71.0 cm³/mol. The molecule has 0 spiro atoms. The van der Waals surface area contributed by atoms with Crippen molar-refractivity contribution in [3.05, 3.63) is 24.3 Å². The molecular formula is C11H16BrNO2S. The lowest BCUT2D eigenvalue weighted by Crippen LogP contribution is -2.16. The Labute approximate surface area is 106 Å². The molecule has 1 aromatic carbocycles. The zero-order chi connectivity index (χ0) is 12.3. The second kappa shape index (κ2) is 5.19. The van der Waals surface area contributed by atoms with E-state index in [-0.39, 0.29) is 5.25 Å². The first-order chi connectivity index (χ1) is 7.39. The van der Waals surface area contributed by atoms with Gasteiger partial charge in [0, 0.05) is 12.7 Å². The molecule has 0 saturated heterocycles. The fourth-order valence-corrected chi connectivity index (χ4v) is 2.58. The molecule has 0 N–H and O–H groups in total. The maximum Gasteiger partial charge on any atom is 0.180 e. The monoisotopic (exact) mass is 305 g/mol. The quantitative estimate of drug-likeness (QED) is 0.634. The first-order valence-corrected chi connectivity index (χ1v) is 7.67. The molecule has 0 aliphatic rings.